The summed E-state index contributed by atoms with van der Waals surface area (Å²) in [5, 5.41) is 12.0. The molecule has 0 unspecified atom stereocenters. The molecule has 0 heterocycles. The van der Waals surface area contributed by atoms with Crippen molar-refractivity contribution in [2.24, 2.45) is 0 Å². The zero-order chi connectivity index (χ0) is 12.5. The van der Waals surface area contributed by atoms with Gasteiger partial charge in [-0.05, 0) is 37.5 Å². The fraction of sp³-hybridized carbons (Fsp3) is 0.417. The highest BCUT2D eigenvalue weighted by molar-refractivity contribution is 5.95. The predicted octanol–water partition coefficient (Wildman–Crippen LogP) is 1.05. The van der Waals surface area contributed by atoms with Crippen LogP contribution in [0.3, 0.4) is 0 Å². The Bertz CT molecular complexity index is 439. The number of hydrogen-bond donors (Lipinski definition) is 3. The molecule has 0 atom stereocenters. The molecule has 1 aliphatic carbocycles. The number of carbonyl (C=O) groups excluding carboxylic acids is 1. The van der Waals surface area contributed by atoms with Crippen LogP contribution in [0.15, 0.2) is 18.2 Å². The second-order valence-electron chi connectivity index (χ2n) is 4.48. The van der Waals surface area contributed by atoms with Gasteiger partial charge in [0, 0.05) is 5.56 Å². The van der Waals surface area contributed by atoms with E-state index in [2.05, 4.69) is 5.32 Å². The fourth-order valence-electron chi connectivity index (χ4n) is 1.92. The van der Waals surface area contributed by atoms with E-state index in [-0.39, 0.29) is 18.2 Å². The molecule has 1 aliphatic rings. The normalized spacial score (nSPS) is 17.3. The molecule has 0 bridgehead atoms. The highest BCUT2D eigenvalue weighted by atomic mass is 19.1. The molecular formula is C12H15FN2O2. The van der Waals surface area contributed by atoms with Crippen LogP contribution >= 0.6 is 0 Å². The van der Waals surface area contributed by atoms with Crippen molar-refractivity contribution in [3.05, 3.63) is 29.6 Å². The first-order valence-corrected chi connectivity index (χ1v) is 5.55. The van der Waals surface area contributed by atoms with E-state index in [0.717, 1.165) is 25.3 Å². The number of aliphatic hydroxyl groups is 1. The van der Waals surface area contributed by atoms with Crippen LogP contribution in [-0.4, -0.2) is 23.2 Å². The molecule has 1 aromatic rings. The standard InChI is InChI=1S/C12H15FN2O2/c13-9-3-2-8(6-10(9)14)11(17)15-12(7-16)4-1-5-12/h2-3,6,16H,1,4-5,7,14H2,(H,15,17). The number of anilines is 1. The molecule has 0 saturated heterocycles. The Morgan fingerprint density at radius 1 is 1.53 bits per heavy atom. The number of nitrogen functional groups attached to an aromatic ring is 1. The molecule has 1 aromatic carbocycles. The first kappa shape index (κ1) is 11.9. The van der Waals surface area contributed by atoms with Gasteiger partial charge in [0.1, 0.15) is 5.82 Å². The van der Waals surface area contributed by atoms with E-state index in [1.165, 1.54) is 12.1 Å². The molecule has 2 rings (SSSR count). The van der Waals surface area contributed by atoms with Crippen molar-refractivity contribution in [3.8, 4) is 0 Å². The Kier molecular flexibility index (Phi) is 3.02. The highest BCUT2D eigenvalue weighted by Gasteiger charge is 2.37. The molecule has 4 nitrogen and oxygen atoms in total. The number of halogens is 1. The average Bonchev–Trinajstić information content (AvgIpc) is 2.27. The van der Waals surface area contributed by atoms with Crippen molar-refractivity contribution >= 4 is 11.6 Å². The molecule has 0 aliphatic heterocycles. The van der Waals surface area contributed by atoms with Gasteiger partial charge in [-0.1, -0.05) is 0 Å². The molecule has 92 valence electrons. The molecule has 1 fully saturated rings. The molecule has 1 saturated carbocycles. The van der Waals surface area contributed by atoms with Crippen molar-refractivity contribution in [3.63, 3.8) is 0 Å². The minimum Gasteiger partial charge on any atom is -0.396 e. The largest absolute Gasteiger partial charge is 0.396 e. The third-order valence-corrected chi connectivity index (χ3v) is 3.25. The van der Waals surface area contributed by atoms with Crippen LogP contribution in [0.5, 0.6) is 0 Å². The lowest BCUT2D eigenvalue weighted by molar-refractivity contribution is 0.0641. The summed E-state index contributed by atoms with van der Waals surface area (Å²) in [5.41, 5.74) is 5.15. The van der Waals surface area contributed by atoms with Crippen LogP contribution < -0.4 is 11.1 Å². The number of carbonyl (C=O) groups is 1. The summed E-state index contributed by atoms with van der Waals surface area (Å²) in [6.45, 7) is -0.0740. The minimum absolute atomic E-state index is 0.0516. The summed E-state index contributed by atoms with van der Waals surface area (Å²) in [4.78, 5) is 11.9. The van der Waals surface area contributed by atoms with E-state index in [0.29, 0.717) is 5.56 Å². The van der Waals surface area contributed by atoms with Crippen LogP contribution in [0.25, 0.3) is 0 Å². The van der Waals surface area contributed by atoms with Crippen molar-refractivity contribution < 1.29 is 14.3 Å². The Labute approximate surface area is 98.6 Å². The number of rotatable bonds is 3. The lowest BCUT2D eigenvalue weighted by Gasteiger charge is -2.40. The van der Waals surface area contributed by atoms with Crippen molar-refractivity contribution in [2.75, 3.05) is 12.3 Å². The third kappa shape index (κ3) is 2.24. The summed E-state index contributed by atoms with van der Waals surface area (Å²) in [6.07, 6.45) is 2.53. The van der Waals surface area contributed by atoms with Crippen molar-refractivity contribution in [2.45, 2.75) is 24.8 Å². The van der Waals surface area contributed by atoms with Gasteiger partial charge in [0.25, 0.3) is 5.91 Å². The van der Waals surface area contributed by atoms with E-state index >= 15 is 0 Å². The van der Waals surface area contributed by atoms with E-state index in [4.69, 9.17) is 5.73 Å². The maximum atomic E-state index is 12.9. The molecule has 0 aromatic heterocycles. The van der Waals surface area contributed by atoms with Crippen LogP contribution in [0, 0.1) is 5.82 Å². The Morgan fingerprint density at radius 3 is 2.71 bits per heavy atom. The van der Waals surface area contributed by atoms with Crippen molar-refractivity contribution in [1.29, 1.82) is 0 Å². The number of aliphatic hydroxyl groups excluding tert-OH is 1. The topological polar surface area (TPSA) is 75.4 Å². The molecule has 4 N–H and O–H groups in total. The predicted molar refractivity (Wildman–Crippen MR) is 61.9 cm³/mol. The van der Waals surface area contributed by atoms with Gasteiger partial charge < -0.3 is 16.2 Å². The Morgan fingerprint density at radius 2 is 2.24 bits per heavy atom. The van der Waals surface area contributed by atoms with Crippen molar-refractivity contribution in [1.82, 2.24) is 5.32 Å². The van der Waals surface area contributed by atoms with E-state index in [9.17, 15) is 14.3 Å². The zero-order valence-corrected chi connectivity index (χ0v) is 9.37. The molecule has 17 heavy (non-hydrogen) atoms. The van der Waals surface area contributed by atoms with Gasteiger partial charge in [-0.3, -0.25) is 4.79 Å². The lowest BCUT2D eigenvalue weighted by atomic mass is 9.77. The van der Waals surface area contributed by atoms with Crippen LogP contribution in [0.1, 0.15) is 29.6 Å². The summed E-state index contributed by atoms with van der Waals surface area (Å²) in [7, 11) is 0. The number of hydrogen-bond acceptors (Lipinski definition) is 3. The number of nitrogens with one attached hydrogen (secondary N) is 1. The van der Waals surface area contributed by atoms with Gasteiger partial charge >= 0.3 is 0 Å². The molecule has 0 radical (unpaired) electrons. The van der Waals surface area contributed by atoms with Crippen LogP contribution in [-0.2, 0) is 0 Å². The second kappa shape index (κ2) is 4.33. The Hall–Kier alpha value is -1.62. The lowest BCUT2D eigenvalue weighted by Crippen LogP contribution is -2.56. The van der Waals surface area contributed by atoms with Gasteiger partial charge in [0.2, 0.25) is 0 Å². The SMILES string of the molecule is Nc1cc(C(=O)NC2(CO)CCC2)ccc1F. The monoisotopic (exact) mass is 238 g/mol. The molecule has 1 amide bonds. The van der Waals surface area contributed by atoms with Gasteiger partial charge in [-0.15, -0.1) is 0 Å². The smallest absolute Gasteiger partial charge is 0.251 e. The quantitative estimate of drug-likeness (QED) is 0.689. The third-order valence-electron chi connectivity index (χ3n) is 3.25. The number of benzene rings is 1. The summed E-state index contributed by atoms with van der Waals surface area (Å²) in [5.74, 6) is -0.868. The highest BCUT2D eigenvalue weighted by Crippen LogP contribution is 2.31. The summed E-state index contributed by atoms with van der Waals surface area (Å²) >= 11 is 0. The first-order chi connectivity index (χ1) is 8.06. The molecule has 5 heteroatoms. The average molecular weight is 238 g/mol. The summed E-state index contributed by atoms with van der Waals surface area (Å²) < 4.78 is 12.9. The maximum absolute atomic E-state index is 12.9. The first-order valence-electron chi connectivity index (χ1n) is 5.55. The zero-order valence-electron chi connectivity index (χ0n) is 9.37. The van der Waals surface area contributed by atoms with Gasteiger partial charge in [0.15, 0.2) is 0 Å². The van der Waals surface area contributed by atoms with Crippen LogP contribution in [0.2, 0.25) is 0 Å². The van der Waals surface area contributed by atoms with Crippen LogP contribution in [0.4, 0.5) is 10.1 Å². The van der Waals surface area contributed by atoms with E-state index in [1.54, 1.807) is 0 Å². The second-order valence-corrected chi connectivity index (χ2v) is 4.48. The van der Waals surface area contributed by atoms with E-state index < -0.39 is 11.4 Å². The maximum Gasteiger partial charge on any atom is 0.251 e. The van der Waals surface area contributed by atoms with E-state index in [1.807, 2.05) is 0 Å². The Balaban J connectivity index is 2.11. The van der Waals surface area contributed by atoms with Gasteiger partial charge in [-0.2, -0.15) is 0 Å². The summed E-state index contributed by atoms with van der Waals surface area (Å²) in [6, 6.07) is 3.84. The minimum atomic E-state index is -0.540. The van der Waals surface area contributed by atoms with Gasteiger partial charge in [0.05, 0.1) is 17.8 Å². The fourth-order valence-corrected chi connectivity index (χ4v) is 1.92. The molecule has 0 spiro atoms. The number of amides is 1. The molecular weight excluding hydrogens is 223 g/mol. The number of nitrogens with two attached hydrogens (primary N) is 1. The van der Waals surface area contributed by atoms with Gasteiger partial charge in [-0.25, -0.2) is 4.39 Å².